The Kier molecular flexibility index (Phi) is 4.16. The third-order valence-electron chi connectivity index (χ3n) is 4.61. The van der Waals surface area contributed by atoms with E-state index in [1.165, 1.54) is 0 Å². The van der Waals surface area contributed by atoms with Gasteiger partial charge in [0.25, 0.3) is 5.91 Å². The van der Waals surface area contributed by atoms with Crippen molar-refractivity contribution in [3.63, 3.8) is 0 Å². The average Bonchev–Trinajstić information content (AvgIpc) is 2.55. The fourth-order valence-corrected chi connectivity index (χ4v) is 3.21. The third-order valence-corrected chi connectivity index (χ3v) is 4.61. The Morgan fingerprint density at radius 1 is 1.36 bits per heavy atom. The normalized spacial score (nSPS) is 24.6. The van der Waals surface area contributed by atoms with E-state index in [0.717, 1.165) is 19.3 Å². The molecule has 1 aliphatic carbocycles. The molecule has 2 atom stereocenters. The largest absolute Gasteiger partial charge is 0.472 e. The first-order valence-corrected chi connectivity index (χ1v) is 7.90. The number of rotatable bonds is 3. The molecule has 118 valence electrons. The van der Waals surface area contributed by atoms with Crippen molar-refractivity contribution in [2.24, 2.45) is 5.92 Å². The van der Waals surface area contributed by atoms with Crippen LogP contribution in [-0.4, -0.2) is 41.1 Å². The average molecular weight is 303 g/mol. The quantitative estimate of drug-likeness (QED) is 0.870. The molecule has 1 fully saturated rings. The summed E-state index contributed by atoms with van der Waals surface area (Å²) in [4.78, 5) is 26.4. The number of amides is 1. The van der Waals surface area contributed by atoms with E-state index in [1.807, 2.05) is 6.92 Å². The van der Waals surface area contributed by atoms with Crippen molar-refractivity contribution in [2.75, 3.05) is 13.3 Å². The van der Waals surface area contributed by atoms with Gasteiger partial charge in [-0.1, -0.05) is 18.9 Å². The molecule has 5 nitrogen and oxygen atoms in total. The van der Waals surface area contributed by atoms with Crippen molar-refractivity contribution in [3.8, 4) is 5.75 Å². The van der Waals surface area contributed by atoms with Gasteiger partial charge in [-0.2, -0.15) is 0 Å². The molecule has 0 aromatic heterocycles. The molecule has 1 heterocycles. The number of hydrogen-bond donors (Lipinski definition) is 1. The lowest BCUT2D eigenvalue weighted by molar-refractivity contribution is 0.0508. The summed E-state index contributed by atoms with van der Waals surface area (Å²) in [6.45, 7) is 2.70. The molecule has 2 unspecified atom stereocenters. The lowest BCUT2D eigenvalue weighted by Gasteiger charge is -2.29. The first kappa shape index (κ1) is 15.0. The second-order valence-corrected chi connectivity index (χ2v) is 5.97. The highest BCUT2D eigenvalue weighted by molar-refractivity contribution is 6.02. The van der Waals surface area contributed by atoms with Crippen molar-refractivity contribution in [1.29, 1.82) is 0 Å². The number of ether oxygens (including phenoxy) is 1. The van der Waals surface area contributed by atoms with E-state index in [1.54, 1.807) is 23.1 Å². The minimum atomic E-state index is -0.560. The summed E-state index contributed by atoms with van der Waals surface area (Å²) in [6.07, 6.45) is 2.79. The number of benzene rings is 1. The number of hydrogen-bond acceptors (Lipinski definition) is 4. The van der Waals surface area contributed by atoms with E-state index in [2.05, 4.69) is 0 Å². The number of ketones is 1. The van der Waals surface area contributed by atoms with Crippen LogP contribution in [0, 0.1) is 5.92 Å². The minimum Gasteiger partial charge on any atom is -0.472 e. The molecule has 22 heavy (non-hydrogen) atoms. The van der Waals surface area contributed by atoms with Gasteiger partial charge in [-0.15, -0.1) is 0 Å². The number of aliphatic hydroxyl groups excluding tert-OH is 1. The molecule has 1 N–H and O–H groups in total. The van der Waals surface area contributed by atoms with Crippen LogP contribution in [0.15, 0.2) is 18.2 Å². The summed E-state index contributed by atoms with van der Waals surface area (Å²) in [6, 6.07) is 4.97. The topological polar surface area (TPSA) is 66.8 Å². The zero-order valence-corrected chi connectivity index (χ0v) is 12.7. The standard InChI is InChI=1S/C17H21NO4/c1-2-18-10-22-15-9-11(7-8-13(15)17(18)21)16(20)12-5-3-4-6-14(12)19/h7-9,12,14,19H,2-6,10H2,1H3. The molecule has 0 spiro atoms. The monoisotopic (exact) mass is 303 g/mol. The van der Waals surface area contributed by atoms with Crippen LogP contribution in [0.4, 0.5) is 0 Å². The summed E-state index contributed by atoms with van der Waals surface area (Å²) in [5.41, 5.74) is 1.01. The van der Waals surface area contributed by atoms with Crippen LogP contribution in [0.2, 0.25) is 0 Å². The molecule has 1 aromatic rings. The van der Waals surface area contributed by atoms with Crippen LogP contribution >= 0.6 is 0 Å². The highest BCUT2D eigenvalue weighted by Gasteiger charge is 2.31. The SMILES string of the molecule is CCN1COc2cc(C(=O)C3CCCCC3O)ccc2C1=O. The number of nitrogens with zero attached hydrogens (tertiary/aromatic N) is 1. The number of carbonyl (C=O) groups excluding carboxylic acids is 2. The van der Waals surface area contributed by atoms with Crippen LogP contribution in [0.25, 0.3) is 0 Å². The number of aliphatic hydroxyl groups is 1. The predicted molar refractivity (Wildman–Crippen MR) is 80.9 cm³/mol. The minimum absolute atomic E-state index is 0.0519. The molecule has 1 aromatic carbocycles. The molecule has 3 rings (SSSR count). The van der Waals surface area contributed by atoms with Crippen molar-refractivity contribution in [1.82, 2.24) is 4.90 Å². The Morgan fingerprint density at radius 2 is 2.14 bits per heavy atom. The van der Waals surface area contributed by atoms with Crippen LogP contribution < -0.4 is 4.74 Å². The molecule has 0 bridgehead atoms. The smallest absolute Gasteiger partial charge is 0.260 e. The van der Waals surface area contributed by atoms with E-state index in [4.69, 9.17) is 4.74 Å². The fraction of sp³-hybridized carbons (Fsp3) is 0.529. The highest BCUT2D eigenvalue weighted by Crippen LogP contribution is 2.31. The molecule has 1 aliphatic heterocycles. The number of Topliss-reactive ketones (excluding diaryl/α,β-unsaturated/α-hetero) is 1. The van der Waals surface area contributed by atoms with Gasteiger partial charge in [-0.25, -0.2) is 0 Å². The van der Waals surface area contributed by atoms with Gasteiger partial charge in [-0.05, 0) is 31.9 Å². The van der Waals surface area contributed by atoms with Crippen LogP contribution in [-0.2, 0) is 0 Å². The van der Waals surface area contributed by atoms with Gasteiger partial charge in [0.1, 0.15) is 5.75 Å². The van der Waals surface area contributed by atoms with E-state index in [-0.39, 0.29) is 24.3 Å². The predicted octanol–water partition coefficient (Wildman–Crippen LogP) is 2.23. The molecule has 5 heteroatoms. The van der Waals surface area contributed by atoms with Crippen molar-refractivity contribution in [2.45, 2.75) is 38.7 Å². The van der Waals surface area contributed by atoms with E-state index < -0.39 is 6.10 Å². The second kappa shape index (κ2) is 6.08. The van der Waals surface area contributed by atoms with Gasteiger partial charge in [0.05, 0.1) is 11.7 Å². The number of fused-ring (bicyclic) bond motifs is 1. The summed E-state index contributed by atoms with van der Waals surface area (Å²) in [5, 5.41) is 10.0. The zero-order chi connectivity index (χ0) is 15.7. The van der Waals surface area contributed by atoms with Crippen molar-refractivity contribution < 1.29 is 19.4 Å². The Hall–Kier alpha value is -1.88. The Morgan fingerprint density at radius 3 is 2.86 bits per heavy atom. The molecule has 2 aliphatic rings. The second-order valence-electron chi connectivity index (χ2n) is 5.97. The van der Waals surface area contributed by atoms with Gasteiger partial charge in [0.2, 0.25) is 0 Å². The van der Waals surface area contributed by atoms with Gasteiger partial charge < -0.3 is 14.7 Å². The van der Waals surface area contributed by atoms with Crippen molar-refractivity contribution in [3.05, 3.63) is 29.3 Å². The van der Waals surface area contributed by atoms with E-state index in [9.17, 15) is 14.7 Å². The first-order chi connectivity index (χ1) is 10.6. The molecular weight excluding hydrogens is 282 g/mol. The molecular formula is C17H21NO4. The number of carbonyl (C=O) groups is 2. The molecule has 0 saturated heterocycles. The van der Waals surface area contributed by atoms with Crippen LogP contribution in [0.5, 0.6) is 5.75 Å². The van der Waals surface area contributed by atoms with E-state index in [0.29, 0.717) is 29.8 Å². The lowest BCUT2D eigenvalue weighted by atomic mass is 9.81. The van der Waals surface area contributed by atoms with Gasteiger partial charge in [0.15, 0.2) is 12.5 Å². The van der Waals surface area contributed by atoms with E-state index >= 15 is 0 Å². The maximum Gasteiger partial charge on any atom is 0.260 e. The van der Waals surface area contributed by atoms with Gasteiger partial charge >= 0.3 is 0 Å². The fourth-order valence-electron chi connectivity index (χ4n) is 3.21. The summed E-state index contributed by atoms with van der Waals surface area (Å²) in [5.74, 6) is 0.00787. The molecule has 1 amide bonds. The summed E-state index contributed by atoms with van der Waals surface area (Å²) in [7, 11) is 0. The summed E-state index contributed by atoms with van der Waals surface area (Å²) >= 11 is 0. The maximum atomic E-state index is 12.6. The zero-order valence-electron chi connectivity index (χ0n) is 12.7. The van der Waals surface area contributed by atoms with Crippen molar-refractivity contribution >= 4 is 11.7 Å². The molecule has 0 radical (unpaired) electrons. The van der Waals surface area contributed by atoms with Gasteiger partial charge in [-0.3, -0.25) is 9.59 Å². The van der Waals surface area contributed by atoms with Gasteiger partial charge in [0, 0.05) is 18.0 Å². The highest BCUT2D eigenvalue weighted by atomic mass is 16.5. The first-order valence-electron chi connectivity index (χ1n) is 7.90. The Labute approximate surface area is 129 Å². The molecule has 1 saturated carbocycles. The maximum absolute atomic E-state index is 12.6. The third kappa shape index (κ3) is 2.61. The Bertz CT molecular complexity index is 598. The lowest BCUT2D eigenvalue weighted by Crippen LogP contribution is -2.38. The van der Waals surface area contributed by atoms with Crippen LogP contribution in [0.1, 0.15) is 53.3 Å². The van der Waals surface area contributed by atoms with Crippen LogP contribution in [0.3, 0.4) is 0 Å². The summed E-state index contributed by atoms with van der Waals surface area (Å²) < 4.78 is 5.59. The Balaban J connectivity index is 1.85.